The van der Waals surface area contributed by atoms with Crippen LogP contribution in [-0.2, 0) is 9.59 Å². The van der Waals surface area contributed by atoms with Gasteiger partial charge in [0.05, 0.1) is 5.92 Å². The molecule has 0 radical (unpaired) electrons. The number of carbonyl (C=O) groups excluding carboxylic acids is 1. The van der Waals surface area contributed by atoms with Crippen LogP contribution in [0.3, 0.4) is 0 Å². The Kier molecular flexibility index (Phi) is 4.68. The summed E-state index contributed by atoms with van der Waals surface area (Å²) in [5.41, 5.74) is 0.693. The lowest BCUT2D eigenvalue weighted by molar-refractivity contribution is -0.141. The normalized spacial score (nSPS) is 18.7. The Bertz CT molecular complexity index is 572. The van der Waals surface area contributed by atoms with Crippen LogP contribution in [0.5, 0.6) is 0 Å². The molecule has 1 atom stereocenters. The van der Waals surface area contributed by atoms with E-state index in [1.807, 2.05) is 0 Å². The molecule has 0 bridgehead atoms. The Morgan fingerprint density at radius 3 is 2.70 bits per heavy atom. The van der Waals surface area contributed by atoms with Gasteiger partial charge in [0.1, 0.15) is 0 Å². The van der Waals surface area contributed by atoms with Gasteiger partial charge in [0.2, 0.25) is 5.91 Å². The van der Waals surface area contributed by atoms with Crippen molar-refractivity contribution in [2.45, 2.75) is 6.42 Å². The Balaban J connectivity index is 2.01. The molecule has 1 saturated heterocycles. The predicted molar refractivity (Wildman–Crippen MR) is 77.8 cm³/mol. The molecule has 1 heterocycles. The second-order valence-electron chi connectivity index (χ2n) is 4.61. The van der Waals surface area contributed by atoms with E-state index in [0.29, 0.717) is 28.6 Å². The van der Waals surface area contributed by atoms with Gasteiger partial charge in [-0.3, -0.25) is 9.59 Å². The number of rotatable bonds is 3. The minimum Gasteiger partial charge on any atom is -0.481 e. The fraction of sp³-hybridized carbons (Fsp3) is 0.286. The van der Waals surface area contributed by atoms with Crippen molar-refractivity contribution in [3.63, 3.8) is 0 Å². The lowest BCUT2D eigenvalue weighted by atomic mass is 10.1. The van der Waals surface area contributed by atoms with Crippen molar-refractivity contribution in [3.8, 4) is 0 Å². The van der Waals surface area contributed by atoms with Crippen LogP contribution in [0.15, 0.2) is 24.3 Å². The number of benzene rings is 1. The Morgan fingerprint density at radius 2 is 2.10 bits per heavy atom. The Morgan fingerprint density at radius 1 is 1.35 bits per heavy atom. The fourth-order valence-corrected chi connectivity index (χ4v) is 2.54. The number of carboxylic acids is 1. The van der Waals surface area contributed by atoms with Crippen LogP contribution in [0, 0.1) is 5.92 Å². The molecular weight excluding hydrogens is 301 g/mol. The summed E-state index contributed by atoms with van der Waals surface area (Å²) < 4.78 is 0. The van der Waals surface area contributed by atoms with Gasteiger partial charge in [0.15, 0.2) is 0 Å². The number of halogens is 2. The van der Waals surface area contributed by atoms with Gasteiger partial charge in [-0.05, 0) is 30.2 Å². The van der Waals surface area contributed by atoms with E-state index >= 15 is 0 Å². The highest BCUT2D eigenvalue weighted by Crippen LogP contribution is 2.22. The molecular formula is C14H13Cl2NO3. The maximum Gasteiger partial charge on any atom is 0.308 e. The molecule has 106 valence electrons. The maximum atomic E-state index is 11.9. The molecule has 0 spiro atoms. The predicted octanol–water partition coefficient (Wildman–Crippen LogP) is 2.94. The topological polar surface area (TPSA) is 57.6 Å². The molecule has 4 nitrogen and oxygen atoms in total. The molecule has 2 rings (SSSR count). The number of nitrogens with zero attached hydrogens (tertiary/aromatic N) is 1. The molecule has 1 aromatic carbocycles. The molecule has 0 aromatic heterocycles. The van der Waals surface area contributed by atoms with Crippen molar-refractivity contribution in [2.24, 2.45) is 5.92 Å². The summed E-state index contributed by atoms with van der Waals surface area (Å²) in [6.45, 7) is 0.724. The van der Waals surface area contributed by atoms with Crippen molar-refractivity contribution < 1.29 is 14.7 Å². The first-order chi connectivity index (χ1) is 9.47. The fourth-order valence-electron chi connectivity index (χ4n) is 2.07. The summed E-state index contributed by atoms with van der Waals surface area (Å²) in [5.74, 6) is -1.53. The van der Waals surface area contributed by atoms with Crippen molar-refractivity contribution in [1.29, 1.82) is 0 Å². The standard InChI is InChI=1S/C14H13Cl2NO3/c15-11-3-1-9(12(16)7-11)2-4-13(18)17-6-5-10(8-17)14(19)20/h1-4,7,10H,5-6,8H2,(H,19,20). The number of hydrogen-bond acceptors (Lipinski definition) is 2. The van der Waals surface area contributed by atoms with Gasteiger partial charge in [-0.2, -0.15) is 0 Å². The highest BCUT2D eigenvalue weighted by Gasteiger charge is 2.29. The van der Waals surface area contributed by atoms with E-state index in [9.17, 15) is 9.59 Å². The zero-order chi connectivity index (χ0) is 14.7. The zero-order valence-corrected chi connectivity index (χ0v) is 12.1. The third kappa shape index (κ3) is 3.52. The molecule has 1 aliphatic heterocycles. The monoisotopic (exact) mass is 313 g/mol. The van der Waals surface area contributed by atoms with Gasteiger partial charge in [-0.1, -0.05) is 29.3 Å². The van der Waals surface area contributed by atoms with Crippen LogP contribution < -0.4 is 0 Å². The molecule has 1 amide bonds. The third-order valence-electron chi connectivity index (χ3n) is 3.22. The molecule has 1 aromatic rings. The average molecular weight is 314 g/mol. The molecule has 1 aliphatic rings. The van der Waals surface area contributed by atoms with Crippen molar-refractivity contribution in [2.75, 3.05) is 13.1 Å². The minimum absolute atomic E-state index is 0.209. The molecule has 1 N–H and O–H groups in total. The smallest absolute Gasteiger partial charge is 0.308 e. The molecule has 0 aliphatic carbocycles. The first kappa shape index (κ1) is 14.9. The van der Waals surface area contributed by atoms with Crippen molar-refractivity contribution in [3.05, 3.63) is 39.9 Å². The first-order valence-corrected chi connectivity index (χ1v) is 6.88. The van der Waals surface area contributed by atoms with E-state index in [0.717, 1.165) is 0 Å². The number of amides is 1. The summed E-state index contributed by atoms with van der Waals surface area (Å²) >= 11 is 11.8. The summed E-state index contributed by atoms with van der Waals surface area (Å²) in [6, 6.07) is 5.01. The minimum atomic E-state index is -0.856. The summed E-state index contributed by atoms with van der Waals surface area (Å²) in [6.07, 6.45) is 3.51. The molecule has 20 heavy (non-hydrogen) atoms. The number of carbonyl (C=O) groups is 2. The largest absolute Gasteiger partial charge is 0.481 e. The van der Waals surface area contributed by atoms with Crippen molar-refractivity contribution >= 4 is 41.2 Å². The SMILES string of the molecule is O=C(O)C1CCN(C(=O)C=Cc2ccc(Cl)cc2Cl)C1. The third-order valence-corrected chi connectivity index (χ3v) is 3.78. The number of likely N-dealkylation sites (tertiary alicyclic amines) is 1. The van der Waals surface area contributed by atoms with Crippen molar-refractivity contribution in [1.82, 2.24) is 4.90 Å². The van der Waals surface area contributed by atoms with Gasteiger partial charge >= 0.3 is 5.97 Å². The quantitative estimate of drug-likeness (QED) is 0.873. The summed E-state index contributed by atoms with van der Waals surface area (Å²) in [4.78, 5) is 24.3. The summed E-state index contributed by atoms with van der Waals surface area (Å²) in [5, 5.41) is 9.89. The second-order valence-corrected chi connectivity index (χ2v) is 5.45. The van der Waals surface area contributed by atoms with E-state index in [-0.39, 0.29) is 12.5 Å². The molecule has 1 unspecified atom stereocenters. The highest BCUT2D eigenvalue weighted by atomic mass is 35.5. The average Bonchev–Trinajstić information content (AvgIpc) is 2.87. The van der Waals surface area contributed by atoms with Crippen LogP contribution in [0.1, 0.15) is 12.0 Å². The summed E-state index contributed by atoms with van der Waals surface area (Å²) in [7, 11) is 0. The maximum absolute atomic E-state index is 11.9. The number of aliphatic carboxylic acids is 1. The van der Waals surface area contributed by atoms with E-state index in [1.165, 1.54) is 11.0 Å². The van der Waals surface area contributed by atoms with Crippen LogP contribution in [-0.4, -0.2) is 35.0 Å². The lowest BCUT2D eigenvalue weighted by Gasteiger charge is -2.12. The van der Waals surface area contributed by atoms with Crippen LogP contribution in [0.2, 0.25) is 10.0 Å². The highest BCUT2D eigenvalue weighted by molar-refractivity contribution is 6.35. The zero-order valence-electron chi connectivity index (χ0n) is 10.6. The van der Waals surface area contributed by atoms with E-state index in [2.05, 4.69) is 0 Å². The number of carboxylic acid groups (broad SMARTS) is 1. The molecule has 0 saturated carbocycles. The van der Waals surface area contributed by atoms with Crippen LogP contribution >= 0.6 is 23.2 Å². The van der Waals surface area contributed by atoms with Crippen LogP contribution in [0.4, 0.5) is 0 Å². The first-order valence-electron chi connectivity index (χ1n) is 6.12. The molecule has 1 fully saturated rings. The van der Waals surface area contributed by atoms with Crippen LogP contribution in [0.25, 0.3) is 6.08 Å². The van der Waals surface area contributed by atoms with Gasteiger partial charge in [0.25, 0.3) is 0 Å². The van der Waals surface area contributed by atoms with Gasteiger partial charge in [-0.15, -0.1) is 0 Å². The molecule has 6 heteroatoms. The van der Waals surface area contributed by atoms with Gasteiger partial charge in [-0.25, -0.2) is 0 Å². The Labute approximate surface area is 126 Å². The Hall–Kier alpha value is -1.52. The van der Waals surface area contributed by atoms with E-state index in [1.54, 1.807) is 24.3 Å². The van der Waals surface area contributed by atoms with E-state index < -0.39 is 11.9 Å². The van der Waals surface area contributed by atoms with Gasteiger partial charge < -0.3 is 10.0 Å². The lowest BCUT2D eigenvalue weighted by Crippen LogP contribution is -2.28. The number of hydrogen-bond donors (Lipinski definition) is 1. The van der Waals surface area contributed by atoms with E-state index in [4.69, 9.17) is 28.3 Å². The van der Waals surface area contributed by atoms with Gasteiger partial charge in [0, 0.05) is 29.2 Å². The second kappa shape index (κ2) is 6.29.